The summed E-state index contributed by atoms with van der Waals surface area (Å²) < 4.78 is 5.15. The van der Waals surface area contributed by atoms with Crippen molar-refractivity contribution in [2.75, 3.05) is 14.2 Å². The summed E-state index contributed by atoms with van der Waals surface area (Å²) in [6, 6.07) is -0.653. The van der Waals surface area contributed by atoms with Gasteiger partial charge in [0.15, 0.2) is 0 Å². The molecule has 0 unspecified atom stereocenters. The number of hydrogen-bond acceptors (Lipinski definition) is 5. The van der Waals surface area contributed by atoms with E-state index in [2.05, 4.69) is 0 Å². The lowest BCUT2D eigenvalue weighted by Gasteiger charge is -2.33. The van der Waals surface area contributed by atoms with Gasteiger partial charge in [-0.3, -0.25) is 4.84 Å². The molecule has 16 heavy (non-hydrogen) atoms. The molecular formula is C10H20N2O4. The van der Waals surface area contributed by atoms with Crippen LogP contribution in [0.25, 0.3) is 0 Å². The van der Waals surface area contributed by atoms with Crippen molar-refractivity contribution in [3.63, 3.8) is 0 Å². The maximum atomic E-state index is 11.8. The molecule has 6 nitrogen and oxygen atoms in total. The van der Waals surface area contributed by atoms with Crippen molar-refractivity contribution in [1.82, 2.24) is 10.2 Å². The molecule has 0 aromatic heterocycles. The summed E-state index contributed by atoms with van der Waals surface area (Å²) in [5, 5.41) is 2.26. The summed E-state index contributed by atoms with van der Waals surface area (Å²) in [6.07, 6.45) is 0.0100. The minimum atomic E-state index is -0.653. The van der Waals surface area contributed by atoms with Gasteiger partial charge in [0.05, 0.1) is 7.11 Å². The molecule has 0 aliphatic carbocycles. The average Bonchev–Trinajstić information content (AvgIpc) is 2.14. The smallest absolute Gasteiger partial charge is 0.427 e. The molecule has 0 bridgehead atoms. The standard InChI is InChI=1S/C10H20N2O4/c1-8(7-13)12(11(5)15-6)9(14)16-10(2,3)4/h7-8H,1-6H3/t8-/m0/s1. The van der Waals surface area contributed by atoms with E-state index in [0.717, 1.165) is 10.2 Å². The van der Waals surface area contributed by atoms with Gasteiger partial charge < -0.3 is 9.53 Å². The maximum Gasteiger partial charge on any atom is 0.427 e. The first-order chi connectivity index (χ1) is 7.22. The van der Waals surface area contributed by atoms with E-state index in [0.29, 0.717) is 6.29 Å². The molecule has 0 spiro atoms. The van der Waals surface area contributed by atoms with Crippen LogP contribution in [0.15, 0.2) is 0 Å². The number of hydroxylamine groups is 1. The number of aldehydes is 1. The highest BCUT2D eigenvalue weighted by Crippen LogP contribution is 2.12. The average molecular weight is 232 g/mol. The monoisotopic (exact) mass is 232 g/mol. The molecule has 0 aromatic rings. The quantitative estimate of drug-likeness (QED) is 0.538. The number of hydrogen-bond donors (Lipinski definition) is 0. The van der Waals surface area contributed by atoms with Crippen molar-refractivity contribution < 1.29 is 19.2 Å². The van der Waals surface area contributed by atoms with Crippen LogP contribution in [0.1, 0.15) is 27.7 Å². The first kappa shape index (κ1) is 14.9. The van der Waals surface area contributed by atoms with E-state index < -0.39 is 17.7 Å². The number of nitrogens with zero attached hydrogens (tertiary/aromatic N) is 2. The van der Waals surface area contributed by atoms with Gasteiger partial charge in [-0.05, 0) is 27.7 Å². The molecule has 0 aliphatic heterocycles. The second-order valence-electron chi connectivity index (χ2n) is 4.35. The highest BCUT2D eigenvalue weighted by Gasteiger charge is 2.29. The van der Waals surface area contributed by atoms with Crippen molar-refractivity contribution in [3.8, 4) is 0 Å². The first-order valence-corrected chi connectivity index (χ1v) is 4.98. The largest absolute Gasteiger partial charge is 0.443 e. The lowest BCUT2D eigenvalue weighted by Crippen LogP contribution is -2.51. The van der Waals surface area contributed by atoms with Gasteiger partial charge in [0.25, 0.3) is 0 Å². The number of rotatable bonds is 4. The SMILES string of the molecule is CON(C)N(C(=O)OC(C)(C)C)[C@@H](C)C=O. The third kappa shape index (κ3) is 4.59. The molecule has 0 aliphatic rings. The highest BCUT2D eigenvalue weighted by atomic mass is 16.7. The summed E-state index contributed by atoms with van der Waals surface area (Å²) in [5.74, 6) is 0. The van der Waals surface area contributed by atoms with Gasteiger partial charge in [-0.25, -0.2) is 9.80 Å². The van der Waals surface area contributed by atoms with Gasteiger partial charge in [0.2, 0.25) is 0 Å². The van der Waals surface area contributed by atoms with Gasteiger partial charge in [0, 0.05) is 7.05 Å². The molecule has 0 aromatic carbocycles. The van der Waals surface area contributed by atoms with E-state index in [1.54, 1.807) is 27.7 Å². The maximum absolute atomic E-state index is 11.8. The number of amides is 1. The van der Waals surface area contributed by atoms with E-state index >= 15 is 0 Å². The Hall–Kier alpha value is -1.14. The molecular weight excluding hydrogens is 212 g/mol. The molecule has 94 valence electrons. The fraction of sp³-hybridized carbons (Fsp3) is 0.800. The van der Waals surface area contributed by atoms with Crippen LogP contribution in [0.3, 0.4) is 0 Å². The van der Waals surface area contributed by atoms with E-state index in [1.165, 1.54) is 14.2 Å². The van der Waals surface area contributed by atoms with Crippen molar-refractivity contribution >= 4 is 12.4 Å². The summed E-state index contributed by atoms with van der Waals surface area (Å²) in [5.41, 5.74) is -0.619. The second-order valence-corrected chi connectivity index (χ2v) is 4.35. The van der Waals surface area contributed by atoms with Crippen LogP contribution in [-0.4, -0.2) is 48.4 Å². The van der Waals surface area contributed by atoms with Gasteiger partial charge in [0.1, 0.15) is 17.9 Å². The van der Waals surface area contributed by atoms with E-state index in [4.69, 9.17) is 9.57 Å². The fourth-order valence-electron chi connectivity index (χ4n) is 0.992. The van der Waals surface area contributed by atoms with Crippen molar-refractivity contribution in [2.45, 2.75) is 39.3 Å². The summed E-state index contributed by atoms with van der Waals surface area (Å²) in [6.45, 7) is 6.83. The molecule has 0 saturated heterocycles. The number of carbonyl (C=O) groups excluding carboxylic acids is 2. The minimum Gasteiger partial charge on any atom is -0.443 e. The minimum absolute atomic E-state index is 0.619. The summed E-state index contributed by atoms with van der Waals surface area (Å²) >= 11 is 0. The van der Waals surface area contributed by atoms with Crippen molar-refractivity contribution in [1.29, 1.82) is 0 Å². The fourth-order valence-corrected chi connectivity index (χ4v) is 0.992. The molecule has 0 heterocycles. The number of carbonyl (C=O) groups is 2. The number of hydrazine groups is 1. The summed E-state index contributed by atoms with van der Waals surface area (Å²) in [4.78, 5) is 27.4. The molecule has 0 radical (unpaired) electrons. The van der Waals surface area contributed by atoms with Crippen LogP contribution in [0.4, 0.5) is 4.79 Å². The van der Waals surface area contributed by atoms with E-state index in [-0.39, 0.29) is 0 Å². The van der Waals surface area contributed by atoms with Gasteiger partial charge in [-0.1, -0.05) is 5.17 Å². The Kier molecular flexibility index (Phi) is 5.40. The van der Waals surface area contributed by atoms with Gasteiger partial charge >= 0.3 is 6.09 Å². The lowest BCUT2D eigenvalue weighted by molar-refractivity contribution is -0.244. The predicted molar refractivity (Wildman–Crippen MR) is 58.4 cm³/mol. The normalized spacial score (nSPS) is 13.4. The predicted octanol–water partition coefficient (Wildman–Crippen LogP) is 1.22. The Bertz CT molecular complexity index is 250. The Labute approximate surface area is 96.0 Å². The third-order valence-corrected chi connectivity index (χ3v) is 1.73. The zero-order valence-corrected chi connectivity index (χ0v) is 10.7. The highest BCUT2D eigenvalue weighted by molar-refractivity contribution is 5.72. The molecule has 0 saturated carbocycles. The Morgan fingerprint density at radius 3 is 2.19 bits per heavy atom. The van der Waals surface area contributed by atoms with Crippen LogP contribution in [0, 0.1) is 0 Å². The van der Waals surface area contributed by atoms with Crippen LogP contribution in [-0.2, 0) is 14.4 Å². The van der Waals surface area contributed by atoms with E-state index in [1.807, 2.05) is 0 Å². The van der Waals surface area contributed by atoms with Crippen LogP contribution >= 0.6 is 0 Å². The summed E-state index contributed by atoms with van der Waals surface area (Å²) in [7, 11) is 2.92. The Balaban J connectivity index is 4.76. The van der Waals surface area contributed by atoms with Gasteiger partial charge in [-0.2, -0.15) is 0 Å². The van der Waals surface area contributed by atoms with Crippen LogP contribution in [0.2, 0.25) is 0 Å². The zero-order chi connectivity index (χ0) is 12.9. The zero-order valence-electron chi connectivity index (χ0n) is 10.7. The molecule has 0 rings (SSSR count). The molecule has 6 heteroatoms. The van der Waals surface area contributed by atoms with Crippen LogP contribution < -0.4 is 0 Å². The second kappa shape index (κ2) is 5.81. The van der Waals surface area contributed by atoms with Crippen LogP contribution in [0.5, 0.6) is 0 Å². The topological polar surface area (TPSA) is 59.1 Å². The van der Waals surface area contributed by atoms with Crippen molar-refractivity contribution in [2.24, 2.45) is 0 Å². The molecule has 0 fully saturated rings. The lowest BCUT2D eigenvalue weighted by atomic mass is 10.2. The third-order valence-electron chi connectivity index (χ3n) is 1.73. The first-order valence-electron chi connectivity index (χ1n) is 4.98. The van der Waals surface area contributed by atoms with E-state index in [9.17, 15) is 9.59 Å². The molecule has 1 amide bonds. The Morgan fingerprint density at radius 1 is 1.38 bits per heavy atom. The number of ether oxygens (including phenoxy) is 1. The molecule has 0 N–H and O–H groups in total. The van der Waals surface area contributed by atoms with Gasteiger partial charge in [-0.15, -0.1) is 0 Å². The molecule has 1 atom stereocenters. The Morgan fingerprint density at radius 2 is 1.88 bits per heavy atom. The van der Waals surface area contributed by atoms with Crippen molar-refractivity contribution in [3.05, 3.63) is 0 Å².